The molecule has 0 aromatic heterocycles. The molecule has 4 heteroatoms. The highest BCUT2D eigenvalue weighted by Crippen LogP contribution is 2.19. The summed E-state index contributed by atoms with van der Waals surface area (Å²) in [6.45, 7) is 6.56. The van der Waals surface area contributed by atoms with Crippen LogP contribution in [0.1, 0.15) is 70.8 Å². The summed E-state index contributed by atoms with van der Waals surface area (Å²) < 4.78 is 0. The summed E-state index contributed by atoms with van der Waals surface area (Å²) in [6, 6.07) is 9.56. The van der Waals surface area contributed by atoms with Crippen molar-refractivity contribution >= 4 is 17.7 Å². The van der Waals surface area contributed by atoms with Crippen molar-refractivity contribution in [3.05, 3.63) is 35.4 Å². The number of rotatable bonds is 13. The molecule has 1 aromatic carbocycles. The lowest BCUT2D eigenvalue weighted by atomic mass is 10.1. The number of hydrogen-bond acceptors (Lipinski definition) is 3. The summed E-state index contributed by atoms with van der Waals surface area (Å²) >= 11 is 0. The highest BCUT2D eigenvalue weighted by atomic mass is 16.4. The summed E-state index contributed by atoms with van der Waals surface area (Å²) in [5.41, 5.74) is 1.67. The van der Waals surface area contributed by atoms with E-state index in [4.69, 9.17) is 10.4 Å². The number of carboxylic acid groups (broad SMARTS) is 1. The molecule has 0 bridgehead atoms. The molecule has 0 amide bonds. The van der Waals surface area contributed by atoms with Crippen molar-refractivity contribution < 1.29 is 9.90 Å². The highest BCUT2D eigenvalue weighted by Gasteiger charge is 2.08. The van der Waals surface area contributed by atoms with E-state index in [1.807, 2.05) is 24.3 Å². The van der Waals surface area contributed by atoms with Gasteiger partial charge >= 0.3 is 5.97 Å². The van der Waals surface area contributed by atoms with Crippen molar-refractivity contribution in [2.24, 2.45) is 0 Å². The second-order valence-corrected chi connectivity index (χ2v) is 6.67. The van der Waals surface area contributed by atoms with Gasteiger partial charge in [-0.15, -0.1) is 0 Å². The first-order chi connectivity index (χ1) is 12.6. The van der Waals surface area contributed by atoms with Crippen LogP contribution in [-0.4, -0.2) is 24.2 Å². The summed E-state index contributed by atoms with van der Waals surface area (Å²) in [7, 11) is 0. The van der Waals surface area contributed by atoms with E-state index in [9.17, 15) is 4.79 Å². The quantitative estimate of drug-likeness (QED) is 0.282. The fourth-order valence-corrected chi connectivity index (χ4v) is 2.92. The average Bonchev–Trinajstić information content (AvgIpc) is 2.65. The number of nitrogens with zero attached hydrogens (tertiary/aromatic N) is 2. The Hall–Kier alpha value is -2.28. The number of carboxylic acids is 1. The summed E-state index contributed by atoms with van der Waals surface area (Å²) in [4.78, 5) is 13.4. The molecule has 1 N–H and O–H groups in total. The molecule has 0 saturated heterocycles. The first-order valence-corrected chi connectivity index (χ1v) is 9.82. The van der Waals surface area contributed by atoms with Gasteiger partial charge in [-0.3, -0.25) is 0 Å². The van der Waals surface area contributed by atoms with E-state index in [1.54, 1.807) is 6.07 Å². The second-order valence-electron chi connectivity index (χ2n) is 6.67. The molecule has 1 aromatic rings. The highest BCUT2D eigenvalue weighted by molar-refractivity contribution is 5.96. The number of anilines is 1. The molecule has 26 heavy (non-hydrogen) atoms. The molecule has 0 spiro atoms. The van der Waals surface area contributed by atoms with Crippen molar-refractivity contribution in [1.29, 1.82) is 5.26 Å². The molecule has 0 aliphatic rings. The van der Waals surface area contributed by atoms with Crippen LogP contribution in [0.5, 0.6) is 0 Å². The molecule has 0 atom stereocenters. The molecular formula is C22H32N2O2. The molecule has 0 saturated carbocycles. The largest absolute Gasteiger partial charge is 0.477 e. The maximum Gasteiger partial charge on any atom is 0.346 e. The van der Waals surface area contributed by atoms with E-state index in [1.165, 1.54) is 63.1 Å². The maximum absolute atomic E-state index is 11.0. The number of carbonyl (C=O) groups is 1. The summed E-state index contributed by atoms with van der Waals surface area (Å²) in [5, 5.41) is 17.8. The first-order valence-electron chi connectivity index (χ1n) is 9.82. The van der Waals surface area contributed by atoms with Crippen LogP contribution in [0.4, 0.5) is 5.69 Å². The minimum absolute atomic E-state index is 0.242. The zero-order chi connectivity index (χ0) is 19.2. The van der Waals surface area contributed by atoms with E-state index >= 15 is 0 Å². The molecule has 0 aliphatic heterocycles. The number of benzene rings is 1. The number of nitriles is 1. The topological polar surface area (TPSA) is 64.3 Å². The van der Waals surface area contributed by atoms with Gasteiger partial charge in [-0.1, -0.05) is 64.5 Å². The fourth-order valence-electron chi connectivity index (χ4n) is 2.92. The van der Waals surface area contributed by atoms with Crippen molar-refractivity contribution in [3.8, 4) is 6.07 Å². The van der Waals surface area contributed by atoms with Crippen molar-refractivity contribution in [1.82, 2.24) is 0 Å². The molecule has 1 rings (SSSR count). The van der Waals surface area contributed by atoms with Crippen molar-refractivity contribution in [3.63, 3.8) is 0 Å². The molecule has 0 aliphatic carbocycles. The average molecular weight is 357 g/mol. The fraction of sp³-hybridized carbons (Fsp3) is 0.545. The van der Waals surface area contributed by atoms with Gasteiger partial charge in [0.25, 0.3) is 0 Å². The molecule has 0 unspecified atom stereocenters. The monoisotopic (exact) mass is 356 g/mol. The van der Waals surface area contributed by atoms with Crippen LogP contribution in [-0.2, 0) is 4.79 Å². The van der Waals surface area contributed by atoms with Gasteiger partial charge in [0.05, 0.1) is 0 Å². The van der Waals surface area contributed by atoms with Crippen LogP contribution in [0.2, 0.25) is 0 Å². The van der Waals surface area contributed by atoms with Gasteiger partial charge in [-0.05, 0) is 36.6 Å². The van der Waals surface area contributed by atoms with Gasteiger partial charge in [0.2, 0.25) is 0 Å². The van der Waals surface area contributed by atoms with Gasteiger partial charge < -0.3 is 10.0 Å². The Kier molecular flexibility index (Phi) is 10.9. The summed E-state index contributed by atoms with van der Waals surface area (Å²) in [5.74, 6) is -1.19. The Balaban J connectivity index is 2.77. The van der Waals surface area contributed by atoms with Crippen LogP contribution in [0, 0.1) is 11.3 Å². The predicted octanol–water partition coefficient (Wildman–Crippen LogP) is 5.65. The molecule has 0 radical (unpaired) electrons. The Labute approximate surface area is 158 Å². The first kappa shape index (κ1) is 21.8. The minimum atomic E-state index is -1.19. The standard InChI is InChI=1S/C22H32N2O2/c1-3-5-7-9-15-24(16-10-8-6-4-2)21-13-11-19(12-14-21)17-20(18-23)22(25)26/h11-14,17H,3-10,15-16H2,1-2H3,(H,25,26). The summed E-state index contributed by atoms with van der Waals surface area (Å²) in [6.07, 6.45) is 11.4. The third-order valence-electron chi connectivity index (χ3n) is 4.48. The minimum Gasteiger partial charge on any atom is -0.477 e. The van der Waals surface area contributed by atoms with E-state index < -0.39 is 5.97 Å². The zero-order valence-electron chi connectivity index (χ0n) is 16.2. The number of unbranched alkanes of at least 4 members (excludes halogenated alkanes) is 6. The third kappa shape index (κ3) is 8.20. The van der Waals surface area contributed by atoms with Gasteiger partial charge in [0, 0.05) is 18.8 Å². The predicted molar refractivity (Wildman–Crippen MR) is 108 cm³/mol. The maximum atomic E-state index is 11.0. The molecular weight excluding hydrogens is 324 g/mol. The van der Waals surface area contributed by atoms with E-state index in [-0.39, 0.29) is 5.57 Å². The molecule has 0 fully saturated rings. The Bertz CT molecular complexity index is 588. The van der Waals surface area contributed by atoms with Gasteiger partial charge in [-0.2, -0.15) is 5.26 Å². The van der Waals surface area contributed by atoms with Crippen LogP contribution < -0.4 is 4.90 Å². The van der Waals surface area contributed by atoms with E-state index in [0.717, 1.165) is 18.7 Å². The lowest BCUT2D eigenvalue weighted by molar-refractivity contribution is -0.132. The Morgan fingerprint density at radius 1 is 1.00 bits per heavy atom. The molecule has 142 valence electrons. The van der Waals surface area contributed by atoms with Gasteiger partial charge in [-0.25, -0.2) is 4.79 Å². The van der Waals surface area contributed by atoms with Crippen LogP contribution in [0.25, 0.3) is 6.08 Å². The molecule has 4 nitrogen and oxygen atoms in total. The Morgan fingerprint density at radius 3 is 1.96 bits per heavy atom. The number of aliphatic carboxylic acids is 1. The van der Waals surface area contributed by atoms with Gasteiger partial charge in [0.15, 0.2) is 0 Å². The third-order valence-corrected chi connectivity index (χ3v) is 4.48. The lowest BCUT2D eigenvalue weighted by Gasteiger charge is -2.25. The van der Waals surface area contributed by atoms with Crippen LogP contribution in [0.15, 0.2) is 29.8 Å². The number of hydrogen-bond donors (Lipinski definition) is 1. The van der Waals surface area contributed by atoms with Crippen molar-refractivity contribution in [2.45, 2.75) is 65.2 Å². The van der Waals surface area contributed by atoms with Crippen LogP contribution in [0.3, 0.4) is 0 Å². The van der Waals surface area contributed by atoms with Crippen molar-refractivity contribution in [2.75, 3.05) is 18.0 Å². The van der Waals surface area contributed by atoms with Gasteiger partial charge in [0.1, 0.15) is 11.6 Å². The SMILES string of the molecule is CCCCCCN(CCCCCC)c1ccc(C=C(C#N)C(=O)O)cc1. The lowest BCUT2D eigenvalue weighted by Crippen LogP contribution is -2.25. The van der Waals surface area contributed by atoms with Crippen LogP contribution >= 0.6 is 0 Å². The molecule has 0 heterocycles. The Morgan fingerprint density at radius 2 is 1.54 bits per heavy atom. The second kappa shape index (κ2) is 13.0. The zero-order valence-corrected chi connectivity index (χ0v) is 16.2. The van der Waals surface area contributed by atoms with E-state index in [2.05, 4.69) is 18.7 Å². The van der Waals surface area contributed by atoms with E-state index in [0.29, 0.717) is 0 Å². The smallest absolute Gasteiger partial charge is 0.346 e. The normalized spacial score (nSPS) is 11.2.